The molecule has 1 spiro atoms. The van der Waals surface area contributed by atoms with Crippen molar-refractivity contribution in [2.45, 2.75) is 176 Å². The summed E-state index contributed by atoms with van der Waals surface area (Å²) >= 11 is 0. The number of amides is 10. The fourth-order valence-corrected chi connectivity index (χ4v) is 13.5. The number of benzene rings is 3. The quantitative estimate of drug-likeness (QED) is 0.0108. The number of nitrogens with two attached hydrogens (primary N) is 10. The minimum Gasteiger partial charge on any atom is -0.508 e. The summed E-state index contributed by atoms with van der Waals surface area (Å²) in [7, 11) is 0. The number of phenols is 2. The molecule has 9 atom stereocenters. The van der Waals surface area contributed by atoms with Crippen LogP contribution in [0.4, 0.5) is 0 Å². The van der Waals surface area contributed by atoms with Crippen LogP contribution in [0.2, 0.25) is 0 Å². The van der Waals surface area contributed by atoms with Crippen molar-refractivity contribution in [3.05, 3.63) is 82.4 Å². The number of guanidine groups is 9. The number of esters is 1. The van der Waals surface area contributed by atoms with Crippen LogP contribution in [0.1, 0.15) is 153 Å². The Labute approximate surface area is 729 Å². The zero-order chi connectivity index (χ0) is 94.0. The van der Waals surface area contributed by atoms with Crippen molar-refractivity contribution in [3.8, 4) is 23.0 Å². The maximum atomic E-state index is 15.1. The second-order valence-corrected chi connectivity index (χ2v) is 29.6. The van der Waals surface area contributed by atoms with Gasteiger partial charge in [0.2, 0.25) is 53.2 Å². The lowest BCUT2D eigenvalue weighted by Crippen LogP contribution is -2.60. The van der Waals surface area contributed by atoms with Gasteiger partial charge in [-0.3, -0.25) is 96.6 Å². The molecule has 5 rings (SSSR count). The predicted octanol–water partition coefficient (Wildman–Crippen LogP) is -8.50. The van der Waals surface area contributed by atoms with Gasteiger partial charge >= 0.3 is 5.97 Å². The highest BCUT2D eigenvalue weighted by molar-refractivity contribution is 6.03. The molecular formula is C75H121N37O15. The average Bonchev–Trinajstić information content (AvgIpc) is 1.58. The minimum atomic E-state index is -1.82. The van der Waals surface area contributed by atoms with E-state index in [0.717, 1.165) is 0 Å². The molecular weight excluding hydrogens is 1660 g/mol. The van der Waals surface area contributed by atoms with Gasteiger partial charge in [-0.2, -0.15) is 0 Å². The van der Waals surface area contributed by atoms with E-state index in [1.165, 1.54) is 54.6 Å². The number of carbonyl (C=O) groups excluding carboxylic acids is 11. The number of carbonyl (C=O) groups is 11. The van der Waals surface area contributed by atoms with E-state index in [2.05, 4.69) is 95.7 Å². The van der Waals surface area contributed by atoms with Crippen molar-refractivity contribution in [3.63, 3.8) is 0 Å². The standard InChI is InChI=1S/C75H121N37O15/c76-55(115)44(10-1-25-95-66(77)78)104-57(117)46(12-3-27-97-68(81)82)106-59(119)48(14-5-29-99-70(85)86)108-61(121)50(16-7-31-101-72(89)90)110-63(123)52(18-9-33-103-74(93)94)112-64(124)51(17-8-32-102-73(91)92)111-62(122)49(15-6-30-100-71(87)88)109-60(120)47(13-4-28-98-69(83)84)107-58(118)45(11-2-26-96-67(79)80)105-56(116)37-19-22-40-43(34-37)75(127-65(40)125)41-23-20-38(113)35-53(41)126-54-36-39(114)21-24-42(54)75/h19-24,34-36,44-52,113-114H,1-18,25-33H2,(H2,76,115)(H,104,117)(H,105,116)(H,106,119)(H,107,118)(H,108,121)(H,109,120)(H,110,123)(H,111,122)(H,112,124)(H4,77,78,95)(H4,79,80,96)(H4,81,82,97)(H4,83,84,98)(H4,85,86,99)(H4,87,88,100)(H4,89,90,101)(H4,91,92,102)(H4,93,94,103)/t44-,45-,46-,47-,48-,49-,50-,51-,52-/m0/s1. The first-order valence-electron chi connectivity index (χ1n) is 40.7. The van der Waals surface area contributed by atoms with E-state index in [1.54, 1.807) is 0 Å². The molecule has 3 aromatic rings. The lowest BCUT2D eigenvalue weighted by Gasteiger charge is -2.36. The molecule has 52 nitrogen and oxygen atoms in total. The molecule has 696 valence electrons. The first-order chi connectivity index (χ1) is 60.2. The van der Waals surface area contributed by atoms with Crippen LogP contribution in [0, 0.1) is 48.7 Å². The molecule has 10 amide bonds. The van der Waals surface area contributed by atoms with Gasteiger partial charge in [-0.05, 0) is 158 Å². The molecule has 0 saturated carbocycles. The number of hydrogen-bond donors (Lipinski definition) is 39. The summed E-state index contributed by atoms with van der Waals surface area (Å²) in [5.74, 6) is -14.9. The average molecular weight is 1780 g/mol. The maximum Gasteiger partial charge on any atom is 0.340 e. The molecule has 3 aromatic carbocycles. The lowest BCUT2D eigenvalue weighted by molar-refractivity contribution is -0.136. The Morgan fingerprint density at radius 1 is 0.299 bits per heavy atom. The number of nitrogens with one attached hydrogen (secondary N) is 27. The van der Waals surface area contributed by atoms with Crippen molar-refractivity contribution in [1.29, 1.82) is 48.7 Å². The third-order valence-electron chi connectivity index (χ3n) is 19.6. The normalized spacial score (nSPS) is 13.8. The van der Waals surface area contributed by atoms with Crippen molar-refractivity contribution in [2.24, 2.45) is 57.3 Å². The third kappa shape index (κ3) is 34.8. The largest absolute Gasteiger partial charge is 0.508 e. The van der Waals surface area contributed by atoms with Crippen molar-refractivity contribution in [1.82, 2.24) is 95.7 Å². The fraction of sp³-hybridized carbons (Fsp3) is 0.493. The molecule has 127 heavy (non-hydrogen) atoms. The number of ether oxygens (including phenoxy) is 2. The van der Waals surface area contributed by atoms with Crippen molar-refractivity contribution < 1.29 is 72.4 Å². The first-order valence-corrected chi connectivity index (χ1v) is 40.7. The van der Waals surface area contributed by atoms with Gasteiger partial charge in [-0.15, -0.1) is 0 Å². The van der Waals surface area contributed by atoms with Gasteiger partial charge in [0.25, 0.3) is 5.91 Å². The van der Waals surface area contributed by atoms with Gasteiger partial charge in [-0.1, -0.05) is 0 Å². The van der Waals surface area contributed by atoms with Crippen LogP contribution in [0.3, 0.4) is 0 Å². The summed E-state index contributed by atoms with van der Waals surface area (Å²) in [5, 5.41) is 138. The van der Waals surface area contributed by atoms with Crippen LogP contribution in [0.15, 0.2) is 54.6 Å². The summed E-state index contributed by atoms with van der Waals surface area (Å²) in [6.45, 7) is -0.168. The Hall–Kier alpha value is -15.3. The number of phenolic OH excluding ortho intramolecular Hbond substituents is 2. The maximum absolute atomic E-state index is 15.1. The van der Waals surface area contributed by atoms with E-state index in [4.69, 9.17) is 115 Å². The molecule has 0 fully saturated rings. The highest BCUT2D eigenvalue weighted by atomic mass is 16.6. The summed E-state index contributed by atoms with van der Waals surface area (Å²) in [6.07, 6.45) is -1.74. The monoisotopic (exact) mass is 1780 g/mol. The van der Waals surface area contributed by atoms with E-state index in [1.807, 2.05) is 0 Å². The van der Waals surface area contributed by atoms with E-state index >= 15 is 19.2 Å². The van der Waals surface area contributed by atoms with Crippen LogP contribution < -0.4 is 158 Å². The lowest BCUT2D eigenvalue weighted by atomic mass is 9.77. The smallest absolute Gasteiger partial charge is 0.340 e. The Balaban J connectivity index is 1.52. The topological polar surface area (TPSA) is 938 Å². The predicted molar refractivity (Wildman–Crippen MR) is 466 cm³/mol. The van der Waals surface area contributed by atoms with Crippen LogP contribution in [-0.4, -0.2) is 242 Å². The van der Waals surface area contributed by atoms with E-state index < -0.39 is 173 Å². The molecule has 2 aliphatic rings. The molecule has 0 radical (unpaired) electrons. The SMILES string of the molecule is N=C(N)NCCC[C@H](NC(=O)[C@H](CCCNC(=N)N)NC(=O)[C@H](CCCNC(=N)N)NC(=O)[C@H](CCCNC(=N)N)NC(=O)[C@H](CCCNC(=N)N)NC(=O)[C@H](CCCNC(=N)N)NC(=O)[C@H](CCCNC(=N)N)NC(=O)[C@H](CCCNC(=N)N)NC(=O)[C@H](CCCNC(=N)N)NC(=O)c1ccc2c(c1)C1(OC2=O)c2ccc(O)cc2Oc2cc(O)ccc21)C(N)=O. The summed E-state index contributed by atoms with van der Waals surface area (Å²) < 4.78 is 12.3. The first kappa shape index (κ1) is 102. The number of primary amides is 1. The van der Waals surface area contributed by atoms with E-state index in [0.29, 0.717) is 0 Å². The van der Waals surface area contributed by atoms with Crippen LogP contribution >= 0.6 is 0 Å². The number of hydrogen-bond acceptors (Lipinski definition) is 24. The highest BCUT2D eigenvalue weighted by Crippen LogP contribution is 2.57. The van der Waals surface area contributed by atoms with E-state index in [9.17, 15) is 43.8 Å². The van der Waals surface area contributed by atoms with Crippen LogP contribution in [0.25, 0.3) is 0 Å². The summed E-state index contributed by atoms with van der Waals surface area (Å²) in [5.41, 5.74) is 54.4. The number of fused-ring (bicyclic) bond motifs is 6. The zero-order valence-electron chi connectivity index (χ0n) is 70.0. The second-order valence-electron chi connectivity index (χ2n) is 29.6. The summed E-state index contributed by atoms with van der Waals surface area (Å²) in [4.78, 5) is 160. The Bertz CT molecular complexity index is 4420. The highest BCUT2D eigenvalue weighted by Gasteiger charge is 2.54. The Morgan fingerprint density at radius 3 is 0.748 bits per heavy atom. The van der Waals surface area contributed by atoms with Crippen molar-refractivity contribution >= 4 is 119 Å². The molecule has 49 N–H and O–H groups in total. The molecule has 2 heterocycles. The molecule has 52 heteroatoms. The summed E-state index contributed by atoms with van der Waals surface area (Å²) in [6, 6.07) is -1.87. The van der Waals surface area contributed by atoms with E-state index in [-0.39, 0.29) is 231 Å². The van der Waals surface area contributed by atoms with Crippen LogP contribution in [-0.2, 0) is 53.5 Å². The molecule has 0 saturated heterocycles. The van der Waals surface area contributed by atoms with Gasteiger partial charge in [0, 0.05) is 93.3 Å². The van der Waals surface area contributed by atoms with Crippen LogP contribution in [0.5, 0.6) is 23.0 Å². The molecule has 0 aliphatic carbocycles. The molecule has 0 unspecified atom stereocenters. The van der Waals surface area contributed by atoms with Gasteiger partial charge < -0.3 is 173 Å². The van der Waals surface area contributed by atoms with Gasteiger partial charge in [0.05, 0.1) is 5.56 Å². The molecule has 2 aliphatic heterocycles. The third-order valence-corrected chi connectivity index (χ3v) is 19.6. The molecule has 0 bridgehead atoms. The molecule has 0 aromatic heterocycles. The Morgan fingerprint density at radius 2 is 0.520 bits per heavy atom. The zero-order valence-corrected chi connectivity index (χ0v) is 70.0. The second kappa shape index (κ2) is 51.6. The number of aromatic hydroxyl groups is 2. The van der Waals surface area contributed by atoms with Gasteiger partial charge in [-0.25, -0.2) is 4.79 Å². The Kier molecular flexibility index (Phi) is 41.5. The van der Waals surface area contributed by atoms with Crippen molar-refractivity contribution in [2.75, 3.05) is 58.9 Å². The van der Waals surface area contributed by atoms with Gasteiger partial charge in [0.15, 0.2) is 59.2 Å². The number of rotatable bonds is 55. The fourth-order valence-electron chi connectivity index (χ4n) is 13.5. The van der Waals surface area contributed by atoms with Gasteiger partial charge in [0.1, 0.15) is 77.4 Å². The minimum absolute atomic E-state index is 0.000980.